The second-order valence-corrected chi connectivity index (χ2v) is 7.14. The Hall–Kier alpha value is -0.370. The third kappa shape index (κ3) is 1.12. The Labute approximate surface area is 91.6 Å². The summed E-state index contributed by atoms with van der Waals surface area (Å²) in [6.07, 6.45) is 7.08. The summed E-state index contributed by atoms with van der Waals surface area (Å²) in [6, 6.07) is 0. The van der Waals surface area contributed by atoms with Gasteiger partial charge in [-0.3, -0.25) is 0 Å². The first-order valence-electron chi connectivity index (χ1n) is 6.13. The molecule has 4 rings (SSSR count). The molecule has 5 atom stereocenters. The van der Waals surface area contributed by atoms with E-state index in [1.165, 1.54) is 19.3 Å². The van der Waals surface area contributed by atoms with E-state index in [1.807, 2.05) is 0 Å². The van der Waals surface area contributed by atoms with E-state index in [0.717, 1.165) is 25.0 Å². The van der Waals surface area contributed by atoms with Gasteiger partial charge in [0.2, 0.25) is 0 Å². The van der Waals surface area contributed by atoms with Gasteiger partial charge in [-0.05, 0) is 48.9 Å². The first kappa shape index (κ1) is 9.83. The first-order valence-corrected chi connectivity index (χ1v) is 6.13. The molecule has 4 aliphatic rings. The largest absolute Gasteiger partial charge is 0.324 e. The predicted octanol–water partition coefficient (Wildman–Crippen LogP) is 2.12. The van der Waals surface area contributed by atoms with Crippen molar-refractivity contribution in [2.45, 2.75) is 51.5 Å². The summed E-state index contributed by atoms with van der Waals surface area (Å²) >= 11 is 0. The van der Waals surface area contributed by atoms with E-state index in [-0.39, 0.29) is 16.9 Å². The molecule has 0 amide bonds. The normalized spacial score (nSPS) is 62.1. The number of nitrogens with two attached hydrogens (primary N) is 1. The second-order valence-electron chi connectivity index (χ2n) is 7.14. The fourth-order valence-corrected chi connectivity index (χ4v) is 5.70. The molecule has 0 radical (unpaired) electrons. The summed E-state index contributed by atoms with van der Waals surface area (Å²) in [4.78, 5) is 11.3. The van der Waals surface area contributed by atoms with Crippen LogP contribution in [0.25, 0.3) is 0 Å². The topological polar surface area (TPSA) is 43.1 Å². The zero-order chi connectivity index (χ0) is 10.9. The van der Waals surface area contributed by atoms with E-state index in [0.29, 0.717) is 5.41 Å². The van der Waals surface area contributed by atoms with Crippen LogP contribution >= 0.6 is 0 Å². The minimum Gasteiger partial charge on any atom is -0.324 e. The van der Waals surface area contributed by atoms with Gasteiger partial charge in [0.15, 0.2) is 0 Å². The molecule has 4 saturated carbocycles. The van der Waals surface area contributed by atoms with Gasteiger partial charge >= 0.3 is 0 Å². The molecular weight excluding hydrogens is 186 g/mol. The molecule has 0 aromatic carbocycles. The molecule has 0 aromatic rings. The van der Waals surface area contributed by atoms with Crippen LogP contribution in [-0.4, -0.2) is 11.8 Å². The van der Waals surface area contributed by atoms with Crippen molar-refractivity contribution in [3.05, 3.63) is 0 Å². The lowest BCUT2D eigenvalue weighted by molar-refractivity contribution is -0.159. The van der Waals surface area contributed by atoms with Crippen molar-refractivity contribution in [3.63, 3.8) is 0 Å². The fraction of sp³-hybridized carbons (Fsp3) is 0.923. The van der Waals surface area contributed by atoms with Crippen molar-refractivity contribution < 1.29 is 4.79 Å². The fourth-order valence-electron chi connectivity index (χ4n) is 5.70. The van der Waals surface area contributed by atoms with Crippen molar-refractivity contribution >= 4 is 6.29 Å². The Balaban J connectivity index is 2.08. The van der Waals surface area contributed by atoms with Gasteiger partial charge in [-0.2, -0.15) is 0 Å². The van der Waals surface area contributed by atoms with Crippen LogP contribution in [0.1, 0.15) is 46.0 Å². The van der Waals surface area contributed by atoms with Crippen molar-refractivity contribution in [1.82, 2.24) is 0 Å². The van der Waals surface area contributed by atoms with E-state index in [2.05, 4.69) is 13.8 Å². The quantitative estimate of drug-likeness (QED) is 0.669. The molecule has 84 valence electrons. The maximum atomic E-state index is 11.3. The van der Waals surface area contributed by atoms with Crippen LogP contribution in [0.2, 0.25) is 0 Å². The van der Waals surface area contributed by atoms with Crippen LogP contribution in [0.4, 0.5) is 0 Å². The Morgan fingerprint density at radius 2 is 1.93 bits per heavy atom. The van der Waals surface area contributed by atoms with Crippen molar-refractivity contribution in [2.75, 3.05) is 0 Å². The zero-order valence-corrected chi connectivity index (χ0v) is 9.75. The Bertz CT molecular complexity index is 304. The van der Waals surface area contributed by atoms with Gasteiger partial charge < -0.3 is 10.5 Å². The minimum atomic E-state index is -0.176. The smallest absolute Gasteiger partial charge is 0.125 e. The number of hydrogen-bond acceptors (Lipinski definition) is 2. The maximum Gasteiger partial charge on any atom is 0.125 e. The van der Waals surface area contributed by atoms with E-state index >= 15 is 0 Å². The lowest BCUT2D eigenvalue weighted by Crippen LogP contribution is -2.68. The number of aldehydes is 1. The Kier molecular flexibility index (Phi) is 1.62. The van der Waals surface area contributed by atoms with Gasteiger partial charge in [0, 0.05) is 11.5 Å². The summed E-state index contributed by atoms with van der Waals surface area (Å²) in [6.45, 7) is 4.66. The summed E-state index contributed by atoms with van der Waals surface area (Å²) < 4.78 is 0. The molecule has 2 N–H and O–H groups in total. The van der Waals surface area contributed by atoms with Crippen LogP contribution in [0.5, 0.6) is 0 Å². The molecule has 0 saturated heterocycles. The summed E-state index contributed by atoms with van der Waals surface area (Å²) in [5.41, 5.74) is 6.96. The molecule has 4 bridgehead atoms. The molecule has 5 unspecified atom stereocenters. The third-order valence-corrected chi connectivity index (χ3v) is 5.30. The Morgan fingerprint density at radius 3 is 2.47 bits per heavy atom. The number of carbonyl (C=O) groups is 1. The molecule has 4 fully saturated rings. The van der Waals surface area contributed by atoms with Gasteiger partial charge in [0.25, 0.3) is 0 Å². The minimum absolute atomic E-state index is 0.106. The molecule has 4 aliphatic carbocycles. The van der Waals surface area contributed by atoms with Gasteiger partial charge in [0.1, 0.15) is 6.29 Å². The van der Waals surface area contributed by atoms with Crippen LogP contribution in [0.15, 0.2) is 0 Å². The average molecular weight is 207 g/mol. The Morgan fingerprint density at radius 1 is 1.20 bits per heavy atom. The van der Waals surface area contributed by atoms with Crippen molar-refractivity contribution in [2.24, 2.45) is 28.4 Å². The highest BCUT2D eigenvalue weighted by molar-refractivity contribution is 5.59. The van der Waals surface area contributed by atoms with Crippen LogP contribution < -0.4 is 5.73 Å². The molecule has 2 heteroatoms. The lowest BCUT2D eigenvalue weighted by atomic mass is 9.39. The second kappa shape index (κ2) is 2.48. The lowest BCUT2D eigenvalue weighted by Gasteiger charge is -2.67. The molecule has 2 nitrogen and oxygen atoms in total. The van der Waals surface area contributed by atoms with E-state index in [1.54, 1.807) is 0 Å². The van der Waals surface area contributed by atoms with Gasteiger partial charge in [-0.15, -0.1) is 0 Å². The number of hydrogen-bond donors (Lipinski definition) is 1. The summed E-state index contributed by atoms with van der Waals surface area (Å²) in [5, 5.41) is 0. The molecule has 0 spiro atoms. The molecule has 0 aromatic heterocycles. The highest BCUT2D eigenvalue weighted by Crippen LogP contribution is 2.67. The summed E-state index contributed by atoms with van der Waals surface area (Å²) in [5.74, 6) is 0.887. The van der Waals surface area contributed by atoms with Gasteiger partial charge in [0.05, 0.1) is 0 Å². The first-order chi connectivity index (χ1) is 6.89. The molecule has 0 heterocycles. The summed E-state index contributed by atoms with van der Waals surface area (Å²) in [7, 11) is 0. The van der Waals surface area contributed by atoms with Crippen molar-refractivity contribution in [1.29, 1.82) is 0 Å². The van der Waals surface area contributed by atoms with E-state index < -0.39 is 0 Å². The van der Waals surface area contributed by atoms with Crippen LogP contribution in [-0.2, 0) is 4.79 Å². The molecular formula is C13H21NO. The number of rotatable bonds is 1. The predicted molar refractivity (Wildman–Crippen MR) is 59.3 cm³/mol. The van der Waals surface area contributed by atoms with E-state index in [4.69, 9.17) is 5.73 Å². The zero-order valence-electron chi connectivity index (χ0n) is 9.75. The van der Waals surface area contributed by atoms with Crippen LogP contribution in [0, 0.1) is 22.7 Å². The SMILES string of the molecule is CC12CC3CC(C)(C1)C(C=O)C(N)(C3)C2. The van der Waals surface area contributed by atoms with Gasteiger partial charge in [-0.1, -0.05) is 13.8 Å². The number of carbonyl (C=O) groups excluding carboxylic acids is 1. The van der Waals surface area contributed by atoms with Crippen molar-refractivity contribution in [3.8, 4) is 0 Å². The van der Waals surface area contributed by atoms with Crippen LogP contribution in [0.3, 0.4) is 0 Å². The third-order valence-electron chi connectivity index (χ3n) is 5.30. The standard InChI is InChI=1S/C13H21NO/c1-11-3-9-4-12(2,7-11)10(6-15)13(14,5-9)8-11/h6,9-10H,3-5,7-8,14H2,1-2H3. The highest BCUT2D eigenvalue weighted by atomic mass is 16.1. The van der Waals surface area contributed by atoms with Gasteiger partial charge in [-0.25, -0.2) is 0 Å². The van der Waals surface area contributed by atoms with E-state index in [9.17, 15) is 4.79 Å². The average Bonchev–Trinajstić information content (AvgIpc) is 1.95. The highest BCUT2D eigenvalue weighted by Gasteiger charge is 2.64. The maximum absolute atomic E-state index is 11.3. The monoisotopic (exact) mass is 207 g/mol. The molecule has 15 heavy (non-hydrogen) atoms. The molecule has 0 aliphatic heterocycles.